The van der Waals surface area contributed by atoms with Gasteiger partial charge in [-0.3, -0.25) is 0 Å². The molecule has 118 valence electrons. The third kappa shape index (κ3) is 4.27. The van der Waals surface area contributed by atoms with Crippen molar-refractivity contribution >= 4 is 35.4 Å². The number of aryl methyl sites for hydroxylation is 1. The molecule has 3 N–H and O–H groups in total. The topological polar surface area (TPSA) is 76.7 Å². The normalized spacial score (nSPS) is 12.2. The predicted molar refractivity (Wildman–Crippen MR) is 95.6 cm³/mol. The molecule has 0 spiro atoms. The second-order valence-electron chi connectivity index (χ2n) is 4.83. The highest BCUT2D eigenvalue weighted by Gasteiger charge is 2.11. The number of benzene rings is 1. The van der Waals surface area contributed by atoms with Crippen LogP contribution in [0.3, 0.4) is 0 Å². The average Bonchev–Trinajstić information content (AvgIpc) is 2.48. The molecule has 1 aromatic carbocycles. The molecular weight excluding hydrogens is 314 g/mol. The van der Waals surface area contributed by atoms with Gasteiger partial charge in [-0.2, -0.15) is 15.0 Å². The van der Waals surface area contributed by atoms with Crippen LogP contribution < -0.4 is 11.1 Å². The fourth-order valence-corrected chi connectivity index (χ4v) is 3.19. The van der Waals surface area contributed by atoms with E-state index < -0.39 is 0 Å². The van der Waals surface area contributed by atoms with E-state index in [1.807, 2.05) is 18.0 Å². The average molecular weight is 336 g/mol. The molecule has 0 saturated heterocycles. The Morgan fingerprint density at radius 1 is 1.27 bits per heavy atom. The fraction of sp³-hybridized carbons (Fsp3) is 0.400. The quantitative estimate of drug-likeness (QED) is 0.778. The van der Waals surface area contributed by atoms with E-state index >= 15 is 0 Å². The summed E-state index contributed by atoms with van der Waals surface area (Å²) in [6.45, 7) is 6.39. The summed E-state index contributed by atoms with van der Waals surface area (Å²) in [4.78, 5) is 13.9. The van der Waals surface area contributed by atoms with E-state index in [-0.39, 0.29) is 12.0 Å². The van der Waals surface area contributed by atoms with Crippen molar-refractivity contribution in [3.8, 4) is 0 Å². The molecule has 0 bridgehead atoms. The van der Waals surface area contributed by atoms with Crippen molar-refractivity contribution in [3.05, 3.63) is 29.3 Å². The SMILES string of the molecule is CCSc1ccc(C(C)Nc2nc(N)nc(SC)n2)cc1C. The third-order valence-electron chi connectivity index (χ3n) is 3.16. The lowest BCUT2D eigenvalue weighted by Gasteiger charge is -2.16. The van der Waals surface area contributed by atoms with Gasteiger partial charge in [0.15, 0.2) is 5.16 Å². The Morgan fingerprint density at radius 2 is 2.05 bits per heavy atom. The van der Waals surface area contributed by atoms with Crippen LogP contribution in [0.5, 0.6) is 0 Å². The van der Waals surface area contributed by atoms with Crippen LogP contribution in [0.4, 0.5) is 11.9 Å². The summed E-state index contributed by atoms with van der Waals surface area (Å²) < 4.78 is 0. The Hall–Kier alpha value is -1.47. The lowest BCUT2D eigenvalue weighted by Crippen LogP contribution is -2.12. The number of aromatic nitrogens is 3. The first-order chi connectivity index (χ1) is 10.5. The maximum Gasteiger partial charge on any atom is 0.228 e. The van der Waals surface area contributed by atoms with Crippen molar-refractivity contribution in [2.75, 3.05) is 23.1 Å². The van der Waals surface area contributed by atoms with Crippen molar-refractivity contribution in [1.82, 2.24) is 15.0 Å². The molecule has 0 aliphatic heterocycles. The maximum absolute atomic E-state index is 5.71. The second kappa shape index (κ2) is 7.69. The molecule has 22 heavy (non-hydrogen) atoms. The van der Waals surface area contributed by atoms with Crippen molar-refractivity contribution in [1.29, 1.82) is 0 Å². The standard InChI is InChI=1S/C15H21N5S2/c1-5-22-12-7-6-11(8-9(12)2)10(3)17-14-18-13(16)19-15(20-14)21-4/h6-8,10H,5H2,1-4H3,(H3,16,17,18,19,20). The molecular formula is C15H21N5S2. The van der Waals surface area contributed by atoms with E-state index in [4.69, 9.17) is 5.73 Å². The second-order valence-corrected chi connectivity index (χ2v) is 6.91. The summed E-state index contributed by atoms with van der Waals surface area (Å²) in [5.74, 6) is 1.82. The number of thioether (sulfide) groups is 2. The molecule has 1 unspecified atom stereocenters. The van der Waals surface area contributed by atoms with Gasteiger partial charge in [-0.05, 0) is 43.0 Å². The number of hydrogen-bond acceptors (Lipinski definition) is 7. The van der Waals surface area contributed by atoms with Crippen LogP contribution in [-0.4, -0.2) is 27.0 Å². The molecule has 1 atom stereocenters. The number of nitrogen functional groups attached to an aromatic ring is 1. The van der Waals surface area contributed by atoms with E-state index in [0.29, 0.717) is 11.1 Å². The Labute approximate surface area is 139 Å². The predicted octanol–water partition coefficient (Wildman–Crippen LogP) is 3.77. The molecule has 2 rings (SSSR count). The first-order valence-corrected chi connectivity index (χ1v) is 9.30. The van der Waals surface area contributed by atoms with Gasteiger partial charge in [-0.15, -0.1) is 11.8 Å². The zero-order valence-electron chi connectivity index (χ0n) is 13.3. The molecule has 0 saturated carbocycles. The third-order valence-corrected chi connectivity index (χ3v) is 4.76. The molecule has 0 amide bonds. The van der Waals surface area contributed by atoms with Crippen LogP contribution >= 0.6 is 23.5 Å². The lowest BCUT2D eigenvalue weighted by molar-refractivity contribution is 0.828. The van der Waals surface area contributed by atoms with Gasteiger partial charge in [-0.1, -0.05) is 30.8 Å². The highest BCUT2D eigenvalue weighted by Crippen LogP contribution is 2.26. The minimum Gasteiger partial charge on any atom is -0.368 e. The van der Waals surface area contributed by atoms with Gasteiger partial charge in [0.25, 0.3) is 0 Å². The van der Waals surface area contributed by atoms with Crippen LogP contribution in [0.1, 0.15) is 31.0 Å². The van der Waals surface area contributed by atoms with Crippen LogP contribution in [0.2, 0.25) is 0 Å². The monoisotopic (exact) mass is 335 g/mol. The molecule has 0 aliphatic carbocycles. The highest BCUT2D eigenvalue weighted by atomic mass is 32.2. The molecule has 1 aromatic heterocycles. The Balaban J connectivity index is 2.16. The van der Waals surface area contributed by atoms with E-state index in [0.717, 1.165) is 5.75 Å². The van der Waals surface area contributed by atoms with Crippen LogP contribution in [0.15, 0.2) is 28.3 Å². The van der Waals surface area contributed by atoms with Gasteiger partial charge in [0.05, 0.1) is 6.04 Å². The van der Waals surface area contributed by atoms with Crippen LogP contribution in [0.25, 0.3) is 0 Å². The number of anilines is 2. The summed E-state index contributed by atoms with van der Waals surface area (Å²) in [5.41, 5.74) is 8.20. The molecule has 5 nitrogen and oxygen atoms in total. The molecule has 1 heterocycles. The Bertz CT molecular complexity index is 648. The lowest BCUT2D eigenvalue weighted by atomic mass is 10.1. The smallest absolute Gasteiger partial charge is 0.228 e. The summed E-state index contributed by atoms with van der Waals surface area (Å²) in [7, 11) is 0. The van der Waals surface area contributed by atoms with Gasteiger partial charge in [0.1, 0.15) is 0 Å². The highest BCUT2D eigenvalue weighted by molar-refractivity contribution is 7.99. The van der Waals surface area contributed by atoms with Gasteiger partial charge < -0.3 is 11.1 Å². The van der Waals surface area contributed by atoms with Crippen molar-refractivity contribution in [3.63, 3.8) is 0 Å². The molecule has 2 aromatic rings. The van der Waals surface area contributed by atoms with Gasteiger partial charge in [0, 0.05) is 4.90 Å². The Morgan fingerprint density at radius 3 is 2.68 bits per heavy atom. The number of nitrogens with two attached hydrogens (primary N) is 1. The summed E-state index contributed by atoms with van der Waals surface area (Å²) in [6, 6.07) is 6.61. The van der Waals surface area contributed by atoms with Crippen molar-refractivity contribution in [2.45, 2.75) is 36.9 Å². The fourth-order valence-electron chi connectivity index (χ4n) is 2.06. The van der Waals surface area contributed by atoms with Gasteiger partial charge in [0.2, 0.25) is 11.9 Å². The Kier molecular flexibility index (Phi) is 5.90. The number of hydrogen-bond donors (Lipinski definition) is 2. The summed E-state index contributed by atoms with van der Waals surface area (Å²) in [6.07, 6.45) is 1.91. The first-order valence-electron chi connectivity index (χ1n) is 7.09. The molecule has 0 aliphatic rings. The maximum atomic E-state index is 5.71. The van der Waals surface area contributed by atoms with E-state index in [1.165, 1.54) is 27.8 Å². The van der Waals surface area contributed by atoms with Crippen LogP contribution in [0, 0.1) is 6.92 Å². The zero-order chi connectivity index (χ0) is 16.1. The zero-order valence-corrected chi connectivity index (χ0v) is 14.9. The largest absolute Gasteiger partial charge is 0.368 e. The van der Waals surface area contributed by atoms with E-state index in [9.17, 15) is 0 Å². The molecule has 0 radical (unpaired) electrons. The molecule has 0 fully saturated rings. The minimum absolute atomic E-state index is 0.0934. The minimum atomic E-state index is 0.0934. The first kappa shape index (κ1) is 16.9. The van der Waals surface area contributed by atoms with Gasteiger partial charge >= 0.3 is 0 Å². The number of nitrogens with one attached hydrogen (secondary N) is 1. The summed E-state index contributed by atoms with van der Waals surface area (Å²) in [5, 5.41) is 3.91. The summed E-state index contributed by atoms with van der Waals surface area (Å²) >= 11 is 3.31. The number of rotatable bonds is 6. The molecule has 7 heteroatoms. The van der Waals surface area contributed by atoms with Crippen LogP contribution in [-0.2, 0) is 0 Å². The van der Waals surface area contributed by atoms with Crippen molar-refractivity contribution in [2.24, 2.45) is 0 Å². The number of nitrogens with zero attached hydrogens (tertiary/aromatic N) is 3. The van der Waals surface area contributed by atoms with Gasteiger partial charge in [-0.25, -0.2) is 0 Å². The van der Waals surface area contributed by atoms with E-state index in [1.54, 1.807) is 0 Å². The van der Waals surface area contributed by atoms with Crippen molar-refractivity contribution < 1.29 is 0 Å². The van der Waals surface area contributed by atoms with E-state index in [2.05, 4.69) is 59.2 Å².